The van der Waals surface area contributed by atoms with E-state index in [0.717, 1.165) is 0 Å². The van der Waals surface area contributed by atoms with E-state index in [4.69, 9.17) is 9.47 Å². The quantitative estimate of drug-likeness (QED) is 0.239. The molecule has 0 aromatic carbocycles. The van der Waals surface area contributed by atoms with E-state index < -0.39 is 8.07 Å². The van der Waals surface area contributed by atoms with Gasteiger partial charge in [0.1, 0.15) is 0 Å². The van der Waals surface area contributed by atoms with Gasteiger partial charge >= 0.3 is 8.07 Å². The molecular formula is C18H40O4P4Si. The smallest absolute Gasteiger partial charge is 0.313 e. The molecular weight excluding hydrogens is 432 g/mol. The molecule has 0 fully saturated rings. The number of hydrogen-bond donors (Lipinski definition) is 0. The summed E-state index contributed by atoms with van der Waals surface area (Å²) in [6, 6.07) is 1.40. The Morgan fingerprint density at radius 1 is 0.667 bits per heavy atom. The van der Waals surface area contributed by atoms with E-state index in [1.54, 1.807) is 0 Å². The van der Waals surface area contributed by atoms with E-state index in [1.807, 2.05) is 13.8 Å². The van der Waals surface area contributed by atoms with E-state index in [-0.39, 0.29) is 42.9 Å². The molecule has 0 saturated heterocycles. The van der Waals surface area contributed by atoms with Crippen LogP contribution in [0, 0.1) is 0 Å². The van der Waals surface area contributed by atoms with Crippen molar-refractivity contribution in [3.63, 3.8) is 0 Å². The Morgan fingerprint density at radius 3 is 1.11 bits per heavy atom. The van der Waals surface area contributed by atoms with Gasteiger partial charge in [-0.3, -0.25) is 9.59 Å². The van der Waals surface area contributed by atoms with Crippen LogP contribution in [0.1, 0.15) is 13.8 Å². The van der Waals surface area contributed by atoms with Crippen LogP contribution >= 0.6 is 31.7 Å². The molecule has 0 aliphatic carbocycles. The van der Waals surface area contributed by atoms with Gasteiger partial charge in [-0.05, 0) is 90.1 Å². The molecule has 27 heavy (non-hydrogen) atoms. The van der Waals surface area contributed by atoms with Crippen LogP contribution in [0.3, 0.4) is 0 Å². The van der Waals surface area contributed by atoms with E-state index in [2.05, 4.69) is 53.3 Å². The van der Waals surface area contributed by atoms with Crippen LogP contribution in [0.5, 0.6) is 0 Å². The fraction of sp³-hybridized carbons (Fsp3) is 0.889. The standard InChI is InChI=1S/C18H40O4P4Si/c1-11-21-17(19)27(18(20)22-12-2,13-15(23(3)4)24(5)6)14-16(25(7)8)26(9)10/h15-16H,11-14H2,1-10H3. The van der Waals surface area contributed by atoms with Crippen LogP contribution < -0.4 is 0 Å². The molecule has 0 aromatic rings. The van der Waals surface area contributed by atoms with E-state index in [9.17, 15) is 9.59 Å². The first-order valence-corrected chi connectivity index (χ1v) is 21.1. The van der Waals surface area contributed by atoms with Crippen LogP contribution in [0.2, 0.25) is 12.1 Å². The van der Waals surface area contributed by atoms with Crippen molar-refractivity contribution in [3.05, 3.63) is 0 Å². The summed E-state index contributed by atoms with van der Waals surface area (Å²) in [6.45, 7) is 22.5. The maximum absolute atomic E-state index is 13.3. The lowest BCUT2D eigenvalue weighted by molar-refractivity contribution is 0.166. The summed E-state index contributed by atoms with van der Waals surface area (Å²) in [6.07, 6.45) is 0. The Bertz CT molecular complexity index is 414. The molecule has 0 atom stereocenters. The summed E-state index contributed by atoms with van der Waals surface area (Å²) in [7, 11) is -4.01. The van der Waals surface area contributed by atoms with Crippen molar-refractivity contribution >= 4 is 50.9 Å². The van der Waals surface area contributed by atoms with E-state index >= 15 is 0 Å². The Morgan fingerprint density at radius 2 is 0.926 bits per heavy atom. The average Bonchev–Trinajstić information content (AvgIpc) is 2.54. The first-order chi connectivity index (χ1) is 12.4. The van der Waals surface area contributed by atoms with Gasteiger partial charge < -0.3 is 9.47 Å². The second-order valence-electron chi connectivity index (χ2n) is 7.75. The maximum Gasteiger partial charge on any atom is 0.313 e. The molecule has 0 radical (unpaired) electrons. The van der Waals surface area contributed by atoms with Gasteiger partial charge in [0.15, 0.2) is 0 Å². The van der Waals surface area contributed by atoms with Gasteiger partial charge in [0.2, 0.25) is 0 Å². The molecule has 160 valence electrons. The van der Waals surface area contributed by atoms with Crippen molar-refractivity contribution in [2.75, 3.05) is 66.5 Å². The highest BCUT2D eigenvalue weighted by atomic mass is 31.2. The van der Waals surface area contributed by atoms with Gasteiger partial charge in [-0.2, -0.15) is 0 Å². The maximum atomic E-state index is 13.3. The Kier molecular flexibility index (Phi) is 13.7. The van der Waals surface area contributed by atoms with Crippen LogP contribution in [-0.2, 0) is 9.47 Å². The summed E-state index contributed by atoms with van der Waals surface area (Å²) in [5, 5.41) is 0.881. The van der Waals surface area contributed by atoms with Crippen LogP contribution in [-0.4, -0.2) is 96.6 Å². The molecule has 0 aromatic heterocycles. The minimum Gasteiger partial charge on any atom is -0.470 e. The zero-order chi connectivity index (χ0) is 21.4. The van der Waals surface area contributed by atoms with Crippen molar-refractivity contribution in [1.29, 1.82) is 0 Å². The summed E-state index contributed by atoms with van der Waals surface area (Å²) in [4.78, 5) is 26.6. The predicted octanol–water partition coefficient (Wildman–Crippen LogP) is 6.53. The molecule has 0 unspecified atom stereocenters. The summed E-state index contributed by atoms with van der Waals surface area (Å²) in [5.74, 6) is 0. The first-order valence-electron chi connectivity index (χ1n) is 9.44. The summed E-state index contributed by atoms with van der Waals surface area (Å²) >= 11 is 0. The van der Waals surface area contributed by atoms with Crippen LogP contribution in [0.25, 0.3) is 0 Å². The molecule has 9 heteroatoms. The van der Waals surface area contributed by atoms with Gasteiger partial charge in [-0.1, -0.05) is 0 Å². The van der Waals surface area contributed by atoms with Crippen LogP contribution in [0.4, 0.5) is 9.59 Å². The van der Waals surface area contributed by atoms with Crippen LogP contribution in [0.15, 0.2) is 0 Å². The van der Waals surface area contributed by atoms with Gasteiger partial charge in [0.25, 0.3) is 11.2 Å². The molecule has 0 N–H and O–H groups in total. The molecule has 0 spiro atoms. The first kappa shape index (κ1) is 27.9. The number of ether oxygens (including phenoxy) is 2. The predicted molar refractivity (Wildman–Crippen MR) is 132 cm³/mol. The minimum absolute atomic E-state index is 0.233. The number of carbonyl (C=O) groups excluding carboxylic acids is 2. The lowest BCUT2D eigenvalue weighted by atomic mass is 10.9. The zero-order valence-electron chi connectivity index (χ0n) is 18.9. The van der Waals surface area contributed by atoms with Gasteiger partial charge in [-0.15, -0.1) is 31.7 Å². The normalized spacial score (nSPS) is 12.7. The molecule has 4 nitrogen and oxygen atoms in total. The summed E-state index contributed by atoms with van der Waals surface area (Å²) < 4.78 is 11.1. The third-order valence-electron chi connectivity index (χ3n) is 4.78. The lowest BCUT2D eigenvalue weighted by Crippen LogP contribution is -2.56. The highest BCUT2D eigenvalue weighted by molar-refractivity contribution is 7.75. The van der Waals surface area contributed by atoms with E-state index in [1.165, 1.54) is 0 Å². The number of rotatable bonds is 12. The fourth-order valence-corrected chi connectivity index (χ4v) is 23.4. The molecule has 0 rings (SSSR count). The van der Waals surface area contributed by atoms with Crippen molar-refractivity contribution in [2.24, 2.45) is 0 Å². The van der Waals surface area contributed by atoms with Crippen molar-refractivity contribution in [3.8, 4) is 0 Å². The third-order valence-corrected chi connectivity index (χ3v) is 21.3. The SMILES string of the molecule is CCOC(=O)[Si](CC(P(C)C)P(C)C)(CC(P(C)C)P(C)C)C(=O)OCC. The highest BCUT2D eigenvalue weighted by Crippen LogP contribution is 2.58. The fourth-order valence-electron chi connectivity index (χ4n) is 3.32. The molecule has 0 aliphatic rings. The average molecular weight is 472 g/mol. The highest BCUT2D eigenvalue weighted by Gasteiger charge is 2.56. The topological polar surface area (TPSA) is 52.6 Å². The Hall–Kier alpha value is 0.877. The van der Waals surface area contributed by atoms with Gasteiger partial charge in [0.05, 0.1) is 13.2 Å². The lowest BCUT2D eigenvalue weighted by Gasteiger charge is -2.38. The second kappa shape index (κ2) is 13.2. The minimum atomic E-state index is -3.08. The third kappa shape index (κ3) is 8.26. The number of carbonyl (C=O) groups is 2. The molecule has 0 bridgehead atoms. The van der Waals surface area contributed by atoms with Crippen molar-refractivity contribution in [2.45, 2.75) is 36.7 Å². The van der Waals surface area contributed by atoms with Crippen molar-refractivity contribution in [1.82, 2.24) is 0 Å². The van der Waals surface area contributed by atoms with Crippen molar-refractivity contribution < 1.29 is 19.1 Å². The monoisotopic (exact) mass is 472 g/mol. The molecule has 0 amide bonds. The molecule has 0 aliphatic heterocycles. The number of hydrogen-bond acceptors (Lipinski definition) is 4. The molecule has 0 heterocycles. The zero-order valence-corrected chi connectivity index (χ0v) is 23.5. The summed E-state index contributed by atoms with van der Waals surface area (Å²) in [5.41, 5.74) is -0.471. The largest absolute Gasteiger partial charge is 0.470 e. The van der Waals surface area contributed by atoms with Gasteiger partial charge in [-0.25, -0.2) is 0 Å². The van der Waals surface area contributed by atoms with Gasteiger partial charge in [0, 0.05) is 0 Å². The second-order valence-corrected chi connectivity index (χ2v) is 22.6. The Labute approximate surface area is 173 Å². The molecule has 0 saturated carbocycles. The Balaban J connectivity index is 6.30. The van der Waals surface area contributed by atoms with E-state index in [0.29, 0.717) is 36.1 Å².